The topological polar surface area (TPSA) is 86.3 Å². The predicted octanol–water partition coefficient (Wildman–Crippen LogP) is 21.5. The van der Waals surface area contributed by atoms with Crippen molar-refractivity contribution < 1.29 is 28.8 Å². The predicted molar refractivity (Wildman–Crippen MR) is 328 cm³/mol. The van der Waals surface area contributed by atoms with Crippen LogP contribution in [0.5, 0.6) is 5.75 Å². The minimum atomic E-state index is -0.288. The van der Waals surface area contributed by atoms with E-state index >= 15 is 0 Å². The Morgan fingerprint density at radius 1 is 0.421 bits per heavy atom. The van der Waals surface area contributed by atoms with Crippen LogP contribution in [0.2, 0.25) is 0 Å². The molecule has 446 valence electrons. The Bertz CT molecular complexity index is 1330. The van der Waals surface area contributed by atoms with Gasteiger partial charge in [-0.25, -0.2) is 0 Å². The van der Waals surface area contributed by atoms with Crippen LogP contribution in [0.15, 0.2) is 18.2 Å². The summed E-state index contributed by atoms with van der Waals surface area (Å²) in [6, 6.07) is 5.47. The van der Waals surface area contributed by atoms with Crippen LogP contribution in [0, 0.1) is 5.92 Å². The van der Waals surface area contributed by atoms with E-state index in [0.717, 1.165) is 24.8 Å². The van der Waals surface area contributed by atoms with E-state index in [1.54, 1.807) is 7.11 Å². The lowest BCUT2D eigenvalue weighted by atomic mass is 9.82. The van der Waals surface area contributed by atoms with Crippen LogP contribution in [0.25, 0.3) is 0 Å². The molecule has 1 fully saturated rings. The molecule has 0 aromatic heterocycles. The van der Waals surface area contributed by atoms with Gasteiger partial charge < -0.3 is 29.4 Å². The van der Waals surface area contributed by atoms with Crippen molar-refractivity contribution in [3.63, 3.8) is 0 Å². The zero-order valence-electron chi connectivity index (χ0n) is 51.2. The van der Waals surface area contributed by atoms with Gasteiger partial charge in [0.2, 0.25) is 5.91 Å². The van der Waals surface area contributed by atoms with E-state index in [0.29, 0.717) is 44.1 Å². The van der Waals surface area contributed by atoms with Gasteiger partial charge in [-0.2, -0.15) is 0 Å². The highest BCUT2D eigenvalue weighted by atomic mass is 16.6. The van der Waals surface area contributed by atoms with E-state index in [-0.39, 0.29) is 36.7 Å². The van der Waals surface area contributed by atoms with Crippen LogP contribution in [-0.2, 0) is 25.6 Å². The molecule has 0 bridgehead atoms. The number of aliphatic hydroxyl groups excluding tert-OH is 1. The van der Waals surface area contributed by atoms with Crippen LogP contribution in [0.1, 0.15) is 347 Å². The highest BCUT2D eigenvalue weighted by Crippen LogP contribution is 2.35. The van der Waals surface area contributed by atoms with Crippen molar-refractivity contribution in [2.45, 2.75) is 367 Å². The third-order valence-corrected chi connectivity index (χ3v) is 16.8. The summed E-state index contributed by atoms with van der Waals surface area (Å²) in [4.78, 5) is 14.2. The van der Waals surface area contributed by atoms with Gasteiger partial charge in [0.25, 0.3) is 0 Å². The Labute approximate surface area is 472 Å². The lowest BCUT2D eigenvalue weighted by molar-refractivity contribution is -0.172. The minimum Gasteiger partial charge on any atom is -0.495 e. The van der Waals surface area contributed by atoms with Crippen molar-refractivity contribution in [2.75, 3.05) is 32.2 Å². The van der Waals surface area contributed by atoms with Gasteiger partial charge in [0.1, 0.15) is 11.9 Å². The maximum absolute atomic E-state index is 14.2. The molecule has 0 aliphatic heterocycles. The van der Waals surface area contributed by atoms with E-state index < -0.39 is 0 Å². The fraction of sp³-hybridized carbons (Fsp3) is 0.899. The number of carbonyl (C=O) groups is 1. The lowest BCUT2D eigenvalue weighted by Crippen LogP contribution is -2.51. The molecule has 1 saturated carbocycles. The second-order valence-corrected chi connectivity index (χ2v) is 23.9. The summed E-state index contributed by atoms with van der Waals surface area (Å²) in [5.74, 6) is 0.259. The lowest BCUT2D eigenvalue weighted by Gasteiger charge is -2.41. The van der Waals surface area contributed by atoms with Crippen molar-refractivity contribution in [3.8, 4) is 5.75 Å². The molecule has 1 amide bonds. The van der Waals surface area contributed by atoms with Crippen LogP contribution >= 0.6 is 0 Å². The van der Waals surface area contributed by atoms with Crippen molar-refractivity contribution in [1.82, 2.24) is 0 Å². The number of nitrogens with one attached hydrogen (secondary N) is 1. The monoisotopic (exact) mass is 1070 g/mol. The molecule has 2 rings (SSSR count). The number of ether oxygens (including phenoxy) is 4. The van der Waals surface area contributed by atoms with Crippen molar-refractivity contribution in [3.05, 3.63) is 23.8 Å². The first-order chi connectivity index (χ1) is 37.6. The fourth-order valence-electron chi connectivity index (χ4n) is 11.7. The molecule has 1 aliphatic carbocycles. The number of anilines is 1. The van der Waals surface area contributed by atoms with Gasteiger partial charge in [0.05, 0.1) is 31.6 Å². The molecule has 0 radical (unpaired) electrons. The Morgan fingerprint density at radius 2 is 0.697 bits per heavy atom. The molecule has 0 heterocycles. The molecule has 2 N–H and O–H groups in total. The van der Waals surface area contributed by atoms with Crippen LogP contribution in [-0.4, -0.2) is 56.3 Å². The summed E-state index contributed by atoms with van der Waals surface area (Å²) >= 11 is 0. The zero-order chi connectivity index (χ0) is 54.5. The number of unbranched alkanes of at least 4 members (excludes halogenated alkanes) is 45. The number of aliphatic hydroxyl groups is 1. The van der Waals surface area contributed by atoms with Gasteiger partial charge in [-0.05, 0) is 49.8 Å². The maximum atomic E-state index is 14.2. The summed E-state index contributed by atoms with van der Waals surface area (Å²) in [7, 11) is 1.62. The van der Waals surface area contributed by atoms with Gasteiger partial charge in [-0.3, -0.25) is 4.79 Å². The average Bonchev–Trinajstić information content (AvgIpc) is 3.43. The molecule has 2 atom stereocenters. The number of rotatable bonds is 58. The molecule has 7 heteroatoms. The number of benzene rings is 1. The van der Waals surface area contributed by atoms with E-state index in [1.807, 2.05) is 18.2 Å². The second-order valence-electron chi connectivity index (χ2n) is 23.9. The van der Waals surface area contributed by atoms with Crippen molar-refractivity contribution in [1.29, 1.82) is 0 Å². The minimum absolute atomic E-state index is 0.0448. The Balaban J connectivity index is 1.91. The standard InChI is InChI=1S/C69H129NO6/c1-5-8-11-14-17-20-23-26-29-32-35-38-41-44-47-50-55-74-66-59-63(69(72)70-64-58-62(61-71)53-54-65(64)73-4)60-67(75-56-51-48-45-42-39-36-33-30-27-24-21-18-15-12-9-6-2)68(66)76-57-52-49-46-43-40-37-34-31-28-25-22-19-16-13-10-7-3/h53-54,58,63,66-68,71H,5-52,55-57,59-61H2,1-4H3,(H,70,72). The largest absolute Gasteiger partial charge is 0.495 e. The first-order valence-electron chi connectivity index (χ1n) is 34.0. The summed E-state index contributed by atoms with van der Waals surface area (Å²) in [5, 5.41) is 13.1. The third kappa shape index (κ3) is 39.7. The fourth-order valence-corrected chi connectivity index (χ4v) is 11.7. The normalized spacial score (nSPS) is 16.7. The number of hydrogen-bond acceptors (Lipinski definition) is 6. The quantitative estimate of drug-likeness (QED) is 0.0632. The number of methoxy groups -OCH3 is 1. The van der Waals surface area contributed by atoms with Crippen LogP contribution < -0.4 is 10.1 Å². The van der Waals surface area contributed by atoms with E-state index in [9.17, 15) is 9.90 Å². The van der Waals surface area contributed by atoms with Crippen molar-refractivity contribution >= 4 is 11.6 Å². The average molecular weight is 1070 g/mol. The van der Waals surface area contributed by atoms with Gasteiger partial charge in [-0.15, -0.1) is 0 Å². The van der Waals surface area contributed by atoms with E-state index in [1.165, 1.54) is 289 Å². The van der Waals surface area contributed by atoms with Crippen LogP contribution in [0.4, 0.5) is 5.69 Å². The van der Waals surface area contributed by atoms with Crippen molar-refractivity contribution in [2.24, 2.45) is 5.92 Å². The molecule has 7 nitrogen and oxygen atoms in total. The van der Waals surface area contributed by atoms with E-state index in [2.05, 4.69) is 26.1 Å². The summed E-state index contributed by atoms with van der Waals surface area (Å²) in [6.07, 6.45) is 65.4. The smallest absolute Gasteiger partial charge is 0.227 e. The first kappa shape index (κ1) is 70.4. The first-order valence-corrected chi connectivity index (χ1v) is 34.0. The highest BCUT2D eigenvalue weighted by molar-refractivity contribution is 5.94. The molecular weight excluding hydrogens is 939 g/mol. The third-order valence-electron chi connectivity index (χ3n) is 16.8. The highest BCUT2D eigenvalue weighted by Gasteiger charge is 2.42. The molecule has 76 heavy (non-hydrogen) atoms. The summed E-state index contributed by atoms with van der Waals surface area (Å²) < 4.78 is 26.2. The van der Waals surface area contributed by atoms with Gasteiger partial charge in [-0.1, -0.05) is 316 Å². The van der Waals surface area contributed by atoms with Gasteiger partial charge in [0.15, 0.2) is 0 Å². The zero-order valence-corrected chi connectivity index (χ0v) is 51.2. The Morgan fingerprint density at radius 3 is 0.974 bits per heavy atom. The summed E-state index contributed by atoms with van der Waals surface area (Å²) in [5.41, 5.74) is 1.33. The van der Waals surface area contributed by atoms with E-state index in [4.69, 9.17) is 18.9 Å². The van der Waals surface area contributed by atoms with Gasteiger partial charge >= 0.3 is 0 Å². The van der Waals surface area contributed by atoms with Crippen LogP contribution in [0.3, 0.4) is 0 Å². The number of amides is 1. The SMILES string of the molecule is CCCCCCCCCCCCCCCCCCOC1CC(C(=O)Nc2cc(CO)ccc2OC)CC(OCCCCCCCCCCCCCCCCCC)C1OCCCCCCCCCCCCCCCCCC. The molecular formula is C69H129NO6. The second kappa shape index (κ2) is 53.9. The molecule has 1 aliphatic rings. The Kier molecular flexibility index (Phi) is 50.0. The summed E-state index contributed by atoms with van der Waals surface area (Å²) in [6.45, 7) is 8.89. The number of hydrogen-bond donors (Lipinski definition) is 2. The maximum Gasteiger partial charge on any atom is 0.227 e. The Hall–Kier alpha value is -1.67. The molecule has 1 aromatic rings. The van der Waals surface area contributed by atoms with Gasteiger partial charge in [0, 0.05) is 25.7 Å². The molecule has 0 spiro atoms. The number of carbonyl (C=O) groups excluding carboxylic acids is 1. The molecule has 2 unspecified atom stereocenters. The molecule has 1 aromatic carbocycles. The molecule has 0 saturated heterocycles.